The van der Waals surface area contributed by atoms with Gasteiger partial charge in [0.2, 0.25) is 5.82 Å². The molecule has 0 aliphatic carbocycles. The zero-order valence-electron chi connectivity index (χ0n) is 7.58. The summed E-state index contributed by atoms with van der Waals surface area (Å²) in [6.45, 7) is -0.367. The van der Waals surface area contributed by atoms with Gasteiger partial charge in [-0.1, -0.05) is 0 Å². The number of nitro groups is 1. The number of nitrogens with zero attached hydrogens (tertiary/aromatic N) is 3. The Kier molecular flexibility index (Phi) is 3.71. The molecule has 0 spiro atoms. The van der Waals surface area contributed by atoms with Crippen molar-refractivity contribution in [2.45, 2.75) is 0 Å². The predicted molar refractivity (Wildman–Crippen MR) is 49.1 cm³/mol. The van der Waals surface area contributed by atoms with Gasteiger partial charge in [-0.15, -0.1) is 0 Å². The van der Waals surface area contributed by atoms with Gasteiger partial charge in [-0.25, -0.2) is 10.8 Å². The Morgan fingerprint density at radius 2 is 2.40 bits per heavy atom. The second-order valence-corrected chi connectivity index (χ2v) is 2.35. The lowest BCUT2D eigenvalue weighted by atomic mass is 10.4. The normalized spacial score (nSPS) is 9.73. The SMILES string of the molecule is NNc1ncnc(OCCO)c1[N+](=O)[O-]. The average molecular weight is 215 g/mol. The fourth-order valence-corrected chi connectivity index (χ4v) is 0.881. The van der Waals surface area contributed by atoms with Crippen LogP contribution in [-0.2, 0) is 0 Å². The van der Waals surface area contributed by atoms with Gasteiger partial charge in [-0.2, -0.15) is 4.98 Å². The topological polar surface area (TPSA) is 136 Å². The molecule has 0 radical (unpaired) electrons. The van der Waals surface area contributed by atoms with Crippen molar-refractivity contribution in [2.24, 2.45) is 5.84 Å². The van der Waals surface area contributed by atoms with Crippen LogP contribution in [-0.4, -0.2) is 33.2 Å². The highest BCUT2D eigenvalue weighted by Gasteiger charge is 2.23. The van der Waals surface area contributed by atoms with Gasteiger partial charge >= 0.3 is 5.69 Å². The Labute approximate surface area is 84.0 Å². The van der Waals surface area contributed by atoms with Crippen LogP contribution < -0.4 is 16.0 Å². The number of anilines is 1. The van der Waals surface area contributed by atoms with E-state index in [-0.39, 0.29) is 24.9 Å². The molecule has 0 aromatic carbocycles. The fourth-order valence-electron chi connectivity index (χ4n) is 0.881. The Hall–Kier alpha value is -2.00. The van der Waals surface area contributed by atoms with E-state index in [0.29, 0.717) is 0 Å². The smallest absolute Gasteiger partial charge is 0.374 e. The second kappa shape index (κ2) is 5.02. The first-order valence-electron chi connectivity index (χ1n) is 3.90. The highest BCUT2D eigenvalue weighted by Crippen LogP contribution is 2.29. The first-order chi connectivity index (χ1) is 7.20. The van der Waals surface area contributed by atoms with Crippen LogP contribution in [0.15, 0.2) is 6.33 Å². The number of ether oxygens (including phenoxy) is 1. The number of nitrogens with two attached hydrogens (primary N) is 1. The number of hydrazine groups is 1. The number of rotatable bonds is 5. The molecule has 0 aliphatic rings. The zero-order chi connectivity index (χ0) is 11.3. The Morgan fingerprint density at radius 3 is 2.93 bits per heavy atom. The number of nitrogen functional groups attached to an aromatic ring is 1. The lowest BCUT2D eigenvalue weighted by Crippen LogP contribution is -2.13. The van der Waals surface area contributed by atoms with Gasteiger partial charge < -0.3 is 15.3 Å². The molecule has 15 heavy (non-hydrogen) atoms. The van der Waals surface area contributed by atoms with Crippen molar-refractivity contribution in [3.05, 3.63) is 16.4 Å². The van der Waals surface area contributed by atoms with Crippen LogP contribution in [0.25, 0.3) is 0 Å². The molecule has 0 unspecified atom stereocenters. The molecule has 0 saturated carbocycles. The second-order valence-electron chi connectivity index (χ2n) is 2.35. The number of aliphatic hydroxyl groups excluding tert-OH is 1. The molecule has 1 rings (SSSR count). The van der Waals surface area contributed by atoms with E-state index in [1.807, 2.05) is 0 Å². The van der Waals surface area contributed by atoms with Crippen molar-refractivity contribution in [2.75, 3.05) is 18.6 Å². The van der Waals surface area contributed by atoms with E-state index in [4.69, 9.17) is 15.7 Å². The average Bonchev–Trinajstić information content (AvgIpc) is 2.25. The summed E-state index contributed by atoms with van der Waals surface area (Å²) in [5, 5.41) is 19.2. The van der Waals surface area contributed by atoms with E-state index in [1.54, 1.807) is 0 Å². The van der Waals surface area contributed by atoms with Gasteiger partial charge in [0.1, 0.15) is 12.9 Å². The molecule has 82 valence electrons. The van der Waals surface area contributed by atoms with E-state index in [2.05, 4.69) is 15.4 Å². The molecule has 0 atom stereocenters. The van der Waals surface area contributed by atoms with Crippen LogP contribution in [0.3, 0.4) is 0 Å². The van der Waals surface area contributed by atoms with E-state index >= 15 is 0 Å². The van der Waals surface area contributed by atoms with Gasteiger partial charge in [0, 0.05) is 0 Å². The van der Waals surface area contributed by atoms with Crippen molar-refractivity contribution < 1.29 is 14.8 Å². The number of aliphatic hydroxyl groups is 1. The first kappa shape index (κ1) is 11.1. The summed E-state index contributed by atoms with van der Waals surface area (Å²) in [7, 11) is 0. The van der Waals surface area contributed by atoms with Gasteiger partial charge in [-0.05, 0) is 0 Å². The van der Waals surface area contributed by atoms with Crippen LogP contribution in [0.5, 0.6) is 5.88 Å². The summed E-state index contributed by atoms with van der Waals surface area (Å²) in [5.41, 5.74) is 1.59. The molecule has 0 bridgehead atoms. The Bertz CT molecular complexity index is 357. The highest BCUT2D eigenvalue weighted by atomic mass is 16.6. The quantitative estimate of drug-likeness (QED) is 0.324. The molecule has 1 aromatic heterocycles. The van der Waals surface area contributed by atoms with Gasteiger partial charge in [0.05, 0.1) is 11.5 Å². The largest absolute Gasteiger partial charge is 0.470 e. The van der Waals surface area contributed by atoms with Gasteiger partial charge in [0.15, 0.2) is 0 Å². The minimum absolute atomic E-state index is 0.0954. The fraction of sp³-hybridized carbons (Fsp3) is 0.333. The minimum atomic E-state index is -0.720. The summed E-state index contributed by atoms with van der Waals surface area (Å²) in [6, 6.07) is 0. The molecule has 1 aromatic rings. The van der Waals surface area contributed by atoms with Crippen molar-refractivity contribution in [1.29, 1.82) is 0 Å². The van der Waals surface area contributed by atoms with Crippen LogP contribution in [0.4, 0.5) is 11.5 Å². The maximum absolute atomic E-state index is 10.7. The van der Waals surface area contributed by atoms with Crippen LogP contribution in [0.1, 0.15) is 0 Å². The summed E-state index contributed by atoms with van der Waals surface area (Å²) >= 11 is 0. The Balaban J connectivity index is 3.07. The third-order valence-electron chi connectivity index (χ3n) is 1.44. The molecule has 9 nitrogen and oxygen atoms in total. The highest BCUT2D eigenvalue weighted by molar-refractivity contribution is 5.60. The van der Waals surface area contributed by atoms with Gasteiger partial charge in [-0.3, -0.25) is 10.1 Å². The summed E-state index contributed by atoms with van der Waals surface area (Å²) in [6.07, 6.45) is 1.06. The number of nitrogens with one attached hydrogen (secondary N) is 1. The van der Waals surface area contributed by atoms with Gasteiger partial charge in [0.25, 0.3) is 5.88 Å². The van der Waals surface area contributed by atoms with E-state index < -0.39 is 10.6 Å². The molecule has 9 heteroatoms. The molecule has 1 heterocycles. The van der Waals surface area contributed by atoms with E-state index in [1.165, 1.54) is 0 Å². The van der Waals surface area contributed by atoms with Crippen molar-refractivity contribution in [3.8, 4) is 5.88 Å². The molecular formula is C6H9N5O4. The lowest BCUT2D eigenvalue weighted by Gasteiger charge is -2.05. The third kappa shape index (κ3) is 2.48. The zero-order valence-corrected chi connectivity index (χ0v) is 7.58. The number of hydrogen-bond acceptors (Lipinski definition) is 8. The maximum atomic E-state index is 10.7. The number of hydrogen-bond donors (Lipinski definition) is 3. The molecule has 4 N–H and O–H groups in total. The predicted octanol–water partition coefficient (Wildman–Crippen LogP) is -0.959. The van der Waals surface area contributed by atoms with Crippen LogP contribution in [0.2, 0.25) is 0 Å². The molecule has 0 fully saturated rings. The molecule has 0 aliphatic heterocycles. The molecular weight excluding hydrogens is 206 g/mol. The minimum Gasteiger partial charge on any atom is -0.470 e. The van der Waals surface area contributed by atoms with E-state index in [0.717, 1.165) is 6.33 Å². The first-order valence-corrected chi connectivity index (χ1v) is 3.90. The lowest BCUT2D eigenvalue weighted by molar-refractivity contribution is -0.385. The third-order valence-corrected chi connectivity index (χ3v) is 1.44. The van der Waals surface area contributed by atoms with Crippen molar-refractivity contribution in [3.63, 3.8) is 0 Å². The van der Waals surface area contributed by atoms with Crippen molar-refractivity contribution in [1.82, 2.24) is 9.97 Å². The van der Waals surface area contributed by atoms with Crippen molar-refractivity contribution >= 4 is 11.5 Å². The molecule has 0 saturated heterocycles. The standard InChI is InChI=1S/C6H9N5O4/c7-10-5-4(11(13)14)6(9-3-8-5)15-2-1-12/h3,12H,1-2,7H2,(H,8,9,10). The number of aromatic nitrogens is 2. The maximum Gasteiger partial charge on any atom is 0.374 e. The van der Waals surface area contributed by atoms with Crippen LogP contribution in [0, 0.1) is 10.1 Å². The summed E-state index contributed by atoms with van der Waals surface area (Å²) in [5.74, 6) is 4.65. The Morgan fingerprint density at radius 1 is 1.67 bits per heavy atom. The molecule has 0 amide bonds. The van der Waals surface area contributed by atoms with Crippen LogP contribution >= 0.6 is 0 Å². The summed E-state index contributed by atoms with van der Waals surface area (Å²) in [4.78, 5) is 17.1. The van der Waals surface area contributed by atoms with E-state index in [9.17, 15) is 10.1 Å². The summed E-state index contributed by atoms with van der Waals surface area (Å²) < 4.78 is 4.85. The monoisotopic (exact) mass is 215 g/mol.